The number of nitrogens with zero attached hydrogens (tertiary/aromatic N) is 3. The quantitative estimate of drug-likeness (QED) is 0.515. The molecule has 0 bridgehead atoms. The number of rotatable bonds is 2. The lowest BCUT2D eigenvalue weighted by atomic mass is 9.97. The SMILES string of the molecule is c1ccc2c(Cn3cncn3)c3ccccc3cc2c1. The highest BCUT2D eigenvalue weighted by Crippen LogP contribution is 2.28. The fourth-order valence-electron chi connectivity index (χ4n) is 2.75. The molecule has 0 aliphatic rings. The van der Waals surface area contributed by atoms with Gasteiger partial charge in [-0.1, -0.05) is 48.5 Å². The maximum absolute atomic E-state index is 4.23. The summed E-state index contributed by atoms with van der Waals surface area (Å²) in [6.07, 6.45) is 3.34. The largest absolute Gasteiger partial charge is 0.249 e. The van der Waals surface area contributed by atoms with Crippen LogP contribution < -0.4 is 0 Å². The van der Waals surface area contributed by atoms with Crippen molar-refractivity contribution in [1.29, 1.82) is 0 Å². The predicted octanol–water partition coefficient (Wildman–Crippen LogP) is 3.63. The summed E-state index contributed by atoms with van der Waals surface area (Å²) in [4.78, 5) is 4.03. The number of hydrogen-bond acceptors (Lipinski definition) is 2. The molecule has 0 unspecified atom stereocenters. The molecule has 0 saturated carbocycles. The number of fused-ring (bicyclic) bond motifs is 2. The minimum Gasteiger partial charge on any atom is -0.249 e. The lowest BCUT2D eigenvalue weighted by Gasteiger charge is -2.11. The molecule has 0 radical (unpaired) electrons. The zero-order valence-corrected chi connectivity index (χ0v) is 10.9. The summed E-state index contributed by atoms with van der Waals surface area (Å²) in [5.74, 6) is 0. The first kappa shape index (κ1) is 11.2. The molecule has 1 heterocycles. The van der Waals surface area contributed by atoms with Gasteiger partial charge in [0.2, 0.25) is 0 Å². The van der Waals surface area contributed by atoms with E-state index < -0.39 is 0 Å². The molecule has 0 atom stereocenters. The number of hydrogen-bond donors (Lipinski definition) is 0. The van der Waals surface area contributed by atoms with Gasteiger partial charge in [-0.2, -0.15) is 5.10 Å². The van der Waals surface area contributed by atoms with Gasteiger partial charge in [-0.25, -0.2) is 9.67 Å². The van der Waals surface area contributed by atoms with Crippen LogP contribution in [0.25, 0.3) is 21.5 Å². The van der Waals surface area contributed by atoms with Gasteiger partial charge in [0.1, 0.15) is 12.7 Å². The van der Waals surface area contributed by atoms with E-state index in [-0.39, 0.29) is 0 Å². The van der Waals surface area contributed by atoms with E-state index in [0.717, 1.165) is 6.54 Å². The third-order valence-corrected chi connectivity index (χ3v) is 3.67. The molecule has 0 spiro atoms. The maximum atomic E-state index is 4.23. The molecule has 1 aromatic heterocycles. The maximum Gasteiger partial charge on any atom is 0.137 e. The Balaban J connectivity index is 2.06. The standard InChI is InChI=1S/C17H13N3/c1-3-7-15-13(5-1)9-14-6-2-4-8-16(14)17(15)10-20-12-18-11-19-20/h1-9,11-12H,10H2. The second-order valence-corrected chi connectivity index (χ2v) is 4.89. The molecule has 0 aliphatic heterocycles. The summed E-state index contributed by atoms with van der Waals surface area (Å²) in [6, 6.07) is 19.2. The van der Waals surface area contributed by atoms with Crippen LogP contribution in [0, 0.1) is 0 Å². The van der Waals surface area contributed by atoms with E-state index in [4.69, 9.17) is 0 Å². The molecule has 3 nitrogen and oxygen atoms in total. The lowest BCUT2D eigenvalue weighted by molar-refractivity contribution is 0.691. The predicted molar refractivity (Wildman–Crippen MR) is 80.6 cm³/mol. The Bertz CT molecular complexity index is 825. The Morgan fingerprint density at radius 2 is 1.50 bits per heavy atom. The van der Waals surface area contributed by atoms with E-state index in [0.29, 0.717) is 0 Å². The van der Waals surface area contributed by atoms with Gasteiger partial charge in [0, 0.05) is 0 Å². The van der Waals surface area contributed by atoms with Crippen LogP contribution in [0.5, 0.6) is 0 Å². The summed E-state index contributed by atoms with van der Waals surface area (Å²) in [7, 11) is 0. The third kappa shape index (κ3) is 1.75. The van der Waals surface area contributed by atoms with E-state index in [1.807, 2.05) is 4.68 Å². The van der Waals surface area contributed by atoms with Crippen molar-refractivity contribution in [3.63, 3.8) is 0 Å². The number of benzene rings is 3. The van der Waals surface area contributed by atoms with Crippen molar-refractivity contribution in [3.05, 3.63) is 72.8 Å². The highest BCUT2D eigenvalue weighted by Gasteiger charge is 2.08. The lowest BCUT2D eigenvalue weighted by Crippen LogP contribution is -2.01. The van der Waals surface area contributed by atoms with Crippen molar-refractivity contribution < 1.29 is 0 Å². The van der Waals surface area contributed by atoms with E-state index in [1.165, 1.54) is 27.1 Å². The van der Waals surface area contributed by atoms with Gasteiger partial charge in [0.25, 0.3) is 0 Å². The second-order valence-electron chi connectivity index (χ2n) is 4.89. The van der Waals surface area contributed by atoms with Crippen molar-refractivity contribution >= 4 is 21.5 Å². The fourth-order valence-corrected chi connectivity index (χ4v) is 2.75. The molecule has 3 heteroatoms. The zero-order chi connectivity index (χ0) is 13.4. The molecular weight excluding hydrogens is 246 g/mol. The van der Waals surface area contributed by atoms with Crippen LogP contribution in [-0.2, 0) is 6.54 Å². The first-order valence-corrected chi connectivity index (χ1v) is 6.63. The summed E-state index contributed by atoms with van der Waals surface area (Å²) < 4.78 is 1.87. The van der Waals surface area contributed by atoms with Crippen molar-refractivity contribution in [2.75, 3.05) is 0 Å². The molecule has 4 aromatic rings. The third-order valence-electron chi connectivity index (χ3n) is 3.67. The molecule has 4 rings (SSSR count). The van der Waals surface area contributed by atoms with E-state index in [2.05, 4.69) is 64.7 Å². The van der Waals surface area contributed by atoms with Gasteiger partial charge in [0.15, 0.2) is 0 Å². The summed E-state index contributed by atoms with van der Waals surface area (Å²) in [6.45, 7) is 0.738. The second kappa shape index (κ2) is 4.46. The molecule has 96 valence electrons. The Kier molecular flexibility index (Phi) is 2.49. The first-order chi connectivity index (χ1) is 9.92. The Morgan fingerprint density at radius 1 is 0.850 bits per heavy atom. The summed E-state index contributed by atoms with van der Waals surface area (Å²) >= 11 is 0. The van der Waals surface area contributed by atoms with Gasteiger partial charge < -0.3 is 0 Å². The molecular formula is C17H13N3. The van der Waals surface area contributed by atoms with Crippen molar-refractivity contribution in [1.82, 2.24) is 14.8 Å². The van der Waals surface area contributed by atoms with Crippen molar-refractivity contribution in [2.45, 2.75) is 6.54 Å². The molecule has 3 aromatic carbocycles. The van der Waals surface area contributed by atoms with Gasteiger partial charge in [-0.15, -0.1) is 0 Å². The Morgan fingerprint density at radius 3 is 2.10 bits per heavy atom. The van der Waals surface area contributed by atoms with E-state index >= 15 is 0 Å². The highest BCUT2D eigenvalue weighted by atomic mass is 15.3. The molecule has 0 aliphatic carbocycles. The van der Waals surface area contributed by atoms with Gasteiger partial charge in [-0.3, -0.25) is 0 Å². The van der Waals surface area contributed by atoms with Crippen LogP contribution in [0.4, 0.5) is 0 Å². The first-order valence-electron chi connectivity index (χ1n) is 6.63. The van der Waals surface area contributed by atoms with Crippen molar-refractivity contribution in [3.8, 4) is 0 Å². The van der Waals surface area contributed by atoms with Gasteiger partial charge >= 0.3 is 0 Å². The minimum atomic E-state index is 0.738. The molecule has 0 N–H and O–H groups in total. The van der Waals surface area contributed by atoms with Gasteiger partial charge in [0.05, 0.1) is 6.54 Å². The molecule has 0 amide bonds. The zero-order valence-electron chi connectivity index (χ0n) is 10.9. The van der Waals surface area contributed by atoms with Crippen LogP contribution in [0.2, 0.25) is 0 Å². The smallest absolute Gasteiger partial charge is 0.137 e. The highest BCUT2D eigenvalue weighted by molar-refractivity contribution is 6.02. The van der Waals surface area contributed by atoms with Gasteiger partial charge in [-0.05, 0) is 33.2 Å². The van der Waals surface area contributed by atoms with Crippen LogP contribution in [0.15, 0.2) is 67.3 Å². The molecule has 0 saturated heterocycles. The monoisotopic (exact) mass is 259 g/mol. The number of aromatic nitrogens is 3. The Hall–Kier alpha value is -2.68. The van der Waals surface area contributed by atoms with E-state index in [9.17, 15) is 0 Å². The average Bonchev–Trinajstić information content (AvgIpc) is 3.00. The average molecular weight is 259 g/mol. The Labute approximate surface area is 116 Å². The topological polar surface area (TPSA) is 30.7 Å². The molecule has 0 fully saturated rings. The summed E-state index contributed by atoms with van der Waals surface area (Å²) in [5, 5.41) is 9.32. The normalized spacial score (nSPS) is 11.2. The fraction of sp³-hybridized carbons (Fsp3) is 0.0588. The van der Waals surface area contributed by atoms with Crippen LogP contribution in [0.1, 0.15) is 5.56 Å². The van der Waals surface area contributed by atoms with Crippen molar-refractivity contribution in [2.24, 2.45) is 0 Å². The van der Waals surface area contributed by atoms with E-state index in [1.54, 1.807) is 12.7 Å². The van der Waals surface area contributed by atoms with Crippen LogP contribution in [-0.4, -0.2) is 14.8 Å². The summed E-state index contributed by atoms with van der Waals surface area (Å²) in [5.41, 5.74) is 1.30. The van der Waals surface area contributed by atoms with Crippen LogP contribution >= 0.6 is 0 Å². The minimum absolute atomic E-state index is 0.738. The van der Waals surface area contributed by atoms with Crippen LogP contribution in [0.3, 0.4) is 0 Å². The molecule has 20 heavy (non-hydrogen) atoms.